The van der Waals surface area contributed by atoms with E-state index in [0.29, 0.717) is 9.94 Å². The first-order chi connectivity index (χ1) is 6.65. The molecule has 3 nitrogen and oxygen atoms in total. The highest BCUT2D eigenvalue weighted by Crippen LogP contribution is 2.30. The molecule has 0 N–H and O–H groups in total. The molecule has 1 aromatic rings. The number of rotatable bonds is 1. The highest BCUT2D eigenvalue weighted by molar-refractivity contribution is 8.15. The van der Waals surface area contributed by atoms with Crippen molar-refractivity contribution < 1.29 is 8.42 Å². The molecule has 0 radical (unpaired) electrons. The minimum atomic E-state index is -3.41. The molecule has 0 amide bonds. The van der Waals surface area contributed by atoms with Crippen LogP contribution in [0.2, 0.25) is 0 Å². The zero-order chi connectivity index (χ0) is 10.2. The van der Waals surface area contributed by atoms with Crippen LogP contribution in [0.4, 0.5) is 0 Å². The predicted octanol–water partition coefficient (Wildman–Crippen LogP) is 1.89. The first kappa shape index (κ1) is 9.73. The summed E-state index contributed by atoms with van der Waals surface area (Å²) in [7, 11) is -3.41. The lowest BCUT2D eigenvalue weighted by Crippen LogP contribution is -1.93. The molecule has 1 aromatic carbocycles. The van der Waals surface area contributed by atoms with Gasteiger partial charge < -0.3 is 0 Å². The number of hydrogen-bond acceptors (Lipinski definition) is 3. The summed E-state index contributed by atoms with van der Waals surface area (Å²) >= 11 is 1.45. The summed E-state index contributed by atoms with van der Waals surface area (Å²) in [4.78, 5) is 0.330. The molecule has 14 heavy (non-hydrogen) atoms. The van der Waals surface area contributed by atoms with E-state index >= 15 is 0 Å². The van der Waals surface area contributed by atoms with E-state index in [0.717, 1.165) is 11.3 Å². The molecule has 0 spiro atoms. The van der Waals surface area contributed by atoms with Gasteiger partial charge in [-0.25, -0.2) is 0 Å². The summed E-state index contributed by atoms with van der Waals surface area (Å²) in [6.45, 7) is 1.97. The van der Waals surface area contributed by atoms with Crippen LogP contribution in [0.3, 0.4) is 0 Å². The number of benzene rings is 1. The topological polar surface area (TPSA) is 46.5 Å². The SMILES string of the molecule is CCSC1=NS(=O)(=O)c2ccccc21. The van der Waals surface area contributed by atoms with Crippen LogP contribution in [-0.2, 0) is 10.0 Å². The maximum Gasteiger partial charge on any atom is 0.284 e. The van der Waals surface area contributed by atoms with Crippen LogP contribution < -0.4 is 0 Å². The van der Waals surface area contributed by atoms with Crippen molar-refractivity contribution in [1.29, 1.82) is 0 Å². The van der Waals surface area contributed by atoms with Gasteiger partial charge in [0.25, 0.3) is 10.0 Å². The second-order valence-electron chi connectivity index (χ2n) is 2.80. The second-order valence-corrected chi connectivity index (χ2v) is 5.63. The fraction of sp³-hybridized carbons (Fsp3) is 0.222. The molecule has 0 saturated heterocycles. The van der Waals surface area contributed by atoms with Gasteiger partial charge >= 0.3 is 0 Å². The molecule has 74 valence electrons. The molecule has 0 atom stereocenters. The Hall–Kier alpha value is -0.810. The Bertz CT molecular complexity index is 491. The lowest BCUT2D eigenvalue weighted by atomic mass is 10.2. The van der Waals surface area contributed by atoms with Gasteiger partial charge in [0, 0.05) is 5.56 Å². The van der Waals surface area contributed by atoms with Crippen LogP contribution in [0.15, 0.2) is 33.6 Å². The van der Waals surface area contributed by atoms with Gasteiger partial charge in [-0.2, -0.15) is 12.8 Å². The summed E-state index contributed by atoms with van der Waals surface area (Å²) in [5.41, 5.74) is 0.736. The fourth-order valence-electron chi connectivity index (χ4n) is 1.32. The Balaban J connectivity index is 2.61. The van der Waals surface area contributed by atoms with Crippen LogP contribution in [0.25, 0.3) is 0 Å². The monoisotopic (exact) mass is 227 g/mol. The fourth-order valence-corrected chi connectivity index (χ4v) is 3.60. The molecule has 1 aliphatic heterocycles. The maximum absolute atomic E-state index is 11.5. The number of sulfonamides is 1. The van der Waals surface area contributed by atoms with Crippen molar-refractivity contribution in [2.75, 3.05) is 5.75 Å². The standard InChI is InChI=1S/C9H9NO2S2/c1-2-13-9-7-5-3-4-6-8(7)14(11,12)10-9/h3-6H,2H2,1H3. The third-order valence-corrected chi connectivity index (χ3v) is 4.20. The van der Waals surface area contributed by atoms with Gasteiger partial charge in [-0.15, -0.1) is 11.8 Å². The van der Waals surface area contributed by atoms with Gasteiger partial charge in [0.05, 0.1) is 4.90 Å². The van der Waals surface area contributed by atoms with Gasteiger partial charge in [0.1, 0.15) is 5.04 Å². The highest BCUT2D eigenvalue weighted by Gasteiger charge is 2.27. The first-order valence-corrected chi connectivity index (χ1v) is 6.65. The van der Waals surface area contributed by atoms with E-state index in [1.54, 1.807) is 18.2 Å². The average Bonchev–Trinajstić information content (AvgIpc) is 2.41. The number of nitrogens with zero attached hydrogens (tertiary/aromatic N) is 1. The Morgan fingerprint density at radius 2 is 2.07 bits per heavy atom. The molecule has 1 heterocycles. The Morgan fingerprint density at radius 1 is 1.36 bits per heavy atom. The zero-order valence-corrected chi connectivity index (χ0v) is 9.23. The number of thioether (sulfide) groups is 1. The largest absolute Gasteiger partial charge is 0.284 e. The molecule has 0 fully saturated rings. The van der Waals surface area contributed by atoms with Gasteiger partial charge in [0.15, 0.2) is 0 Å². The number of fused-ring (bicyclic) bond motifs is 1. The Morgan fingerprint density at radius 3 is 2.79 bits per heavy atom. The molecule has 5 heteroatoms. The minimum absolute atomic E-state index is 0.330. The average molecular weight is 227 g/mol. The molecule has 0 aliphatic carbocycles. The highest BCUT2D eigenvalue weighted by atomic mass is 32.2. The summed E-state index contributed by atoms with van der Waals surface area (Å²) in [5.74, 6) is 0.822. The van der Waals surface area contributed by atoms with Gasteiger partial charge in [-0.05, 0) is 11.8 Å². The first-order valence-electron chi connectivity index (χ1n) is 4.22. The zero-order valence-electron chi connectivity index (χ0n) is 7.60. The van der Waals surface area contributed by atoms with Crippen molar-refractivity contribution in [3.05, 3.63) is 29.8 Å². The molecule has 0 aromatic heterocycles. The summed E-state index contributed by atoms with van der Waals surface area (Å²) < 4.78 is 26.8. The Kier molecular flexibility index (Phi) is 2.36. The van der Waals surface area contributed by atoms with Crippen LogP contribution in [0, 0.1) is 0 Å². The van der Waals surface area contributed by atoms with E-state index in [9.17, 15) is 8.42 Å². The molecule has 2 rings (SSSR count). The van der Waals surface area contributed by atoms with Crippen molar-refractivity contribution in [2.45, 2.75) is 11.8 Å². The van der Waals surface area contributed by atoms with Crippen molar-refractivity contribution >= 4 is 26.8 Å². The van der Waals surface area contributed by atoms with E-state index in [-0.39, 0.29) is 0 Å². The smallest absolute Gasteiger partial charge is 0.199 e. The Labute approximate surface area is 87.3 Å². The van der Waals surface area contributed by atoms with E-state index < -0.39 is 10.0 Å². The molecule has 0 bridgehead atoms. The van der Waals surface area contributed by atoms with Crippen LogP contribution in [0.1, 0.15) is 12.5 Å². The van der Waals surface area contributed by atoms with E-state index in [4.69, 9.17) is 0 Å². The van der Waals surface area contributed by atoms with Crippen LogP contribution in [-0.4, -0.2) is 19.2 Å². The second kappa shape index (κ2) is 3.40. The van der Waals surface area contributed by atoms with Crippen molar-refractivity contribution in [1.82, 2.24) is 0 Å². The normalized spacial score (nSPS) is 17.6. The summed E-state index contributed by atoms with van der Waals surface area (Å²) in [6, 6.07) is 6.93. The predicted molar refractivity (Wildman–Crippen MR) is 58.3 cm³/mol. The van der Waals surface area contributed by atoms with Gasteiger partial charge in [-0.1, -0.05) is 25.1 Å². The van der Waals surface area contributed by atoms with Crippen molar-refractivity contribution in [3.63, 3.8) is 0 Å². The number of hydrogen-bond donors (Lipinski definition) is 0. The van der Waals surface area contributed by atoms with Crippen LogP contribution in [0.5, 0.6) is 0 Å². The molecule has 1 aliphatic rings. The third kappa shape index (κ3) is 1.46. The van der Waals surface area contributed by atoms with Gasteiger partial charge in [-0.3, -0.25) is 0 Å². The molecule has 0 unspecified atom stereocenters. The lowest BCUT2D eigenvalue weighted by molar-refractivity contribution is 0.599. The van der Waals surface area contributed by atoms with Crippen molar-refractivity contribution in [3.8, 4) is 0 Å². The van der Waals surface area contributed by atoms with Crippen LogP contribution >= 0.6 is 11.8 Å². The summed E-state index contributed by atoms with van der Waals surface area (Å²) in [5, 5.41) is 0.614. The molecular formula is C9H9NO2S2. The van der Waals surface area contributed by atoms with Gasteiger partial charge in [0.2, 0.25) is 0 Å². The van der Waals surface area contributed by atoms with E-state index in [1.165, 1.54) is 11.8 Å². The minimum Gasteiger partial charge on any atom is -0.199 e. The van der Waals surface area contributed by atoms with E-state index in [2.05, 4.69) is 4.40 Å². The quantitative estimate of drug-likeness (QED) is 0.736. The molecular weight excluding hydrogens is 218 g/mol. The molecule has 0 saturated carbocycles. The summed E-state index contributed by atoms with van der Waals surface area (Å²) in [6.07, 6.45) is 0. The third-order valence-electron chi connectivity index (χ3n) is 1.88. The maximum atomic E-state index is 11.5. The van der Waals surface area contributed by atoms with E-state index in [1.807, 2.05) is 13.0 Å². The van der Waals surface area contributed by atoms with Crippen molar-refractivity contribution in [2.24, 2.45) is 4.40 Å². The lowest BCUT2D eigenvalue weighted by Gasteiger charge is -1.97.